The molecule has 0 aromatic carbocycles. The Balaban J connectivity index is 2.26. The first-order valence-corrected chi connectivity index (χ1v) is 5.80. The number of anilines is 2. The highest BCUT2D eigenvalue weighted by molar-refractivity contribution is 5.83. The average Bonchev–Trinajstić information content (AvgIpc) is 2.83. The van der Waals surface area contributed by atoms with Gasteiger partial charge in [-0.05, 0) is 0 Å². The zero-order valence-electron chi connectivity index (χ0n) is 10.9. The lowest BCUT2D eigenvalue weighted by atomic mass is 10.4. The zero-order chi connectivity index (χ0) is 14.5. The molecule has 0 bridgehead atoms. The number of ether oxygens (including phenoxy) is 1. The van der Waals surface area contributed by atoms with E-state index in [0.29, 0.717) is 17.0 Å². The van der Waals surface area contributed by atoms with Crippen molar-refractivity contribution in [2.45, 2.75) is 12.8 Å². The van der Waals surface area contributed by atoms with E-state index in [4.69, 9.17) is 25.5 Å². The van der Waals surface area contributed by atoms with Crippen LogP contribution in [0.25, 0.3) is 11.2 Å². The number of nitrogen functional groups attached to an aromatic ring is 1. The van der Waals surface area contributed by atoms with Crippen LogP contribution in [0.3, 0.4) is 0 Å². The summed E-state index contributed by atoms with van der Waals surface area (Å²) >= 11 is 0. The summed E-state index contributed by atoms with van der Waals surface area (Å²) in [6.07, 6.45) is 0.828. The maximum absolute atomic E-state index is 8.94. The molecule has 0 unspecified atom stereocenters. The van der Waals surface area contributed by atoms with Gasteiger partial charge < -0.3 is 20.7 Å². The topological polar surface area (TPSA) is 141 Å². The van der Waals surface area contributed by atoms with Gasteiger partial charge in [0.15, 0.2) is 17.0 Å². The molecule has 0 aliphatic rings. The predicted molar refractivity (Wildman–Crippen MR) is 69.4 cm³/mol. The molecule has 10 heteroatoms. The van der Waals surface area contributed by atoms with Crippen molar-refractivity contribution in [2.75, 3.05) is 31.5 Å². The number of aliphatic hydroxyl groups is 2. The third-order valence-corrected chi connectivity index (χ3v) is 2.54. The molecule has 0 saturated heterocycles. The number of hydrogen-bond acceptors (Lipinski definition) is 9. The van der Waals surface area contributed by atoms with Crippen LogP contribution in [0, 0.1) is 0 Å². The van der Waals surface area contributed by atoms with Crippen LogP contribution in [0.15, 0.2) is 6.33 Å². The summed E-state index contributed by atoms with van der Waals surface area (Å²) in [5.41, 5.74) is 9.09. The number of nitrogens with two attached hydrogens (primary N) is 1. The highest BCUT2D eigenvalue weighted by Gasteiger charge is 2.13. The zero-order valence-corrected chi connectivity index (χ0v) is 10.9. The molecule has 110 valence electrons. The molecule has 0 fully saturated rings. The summed E-state index contributed by atoms with van der Waals surface area (Å²) in [5.74, 6) is 0.397. The number of nitrogens with one attached hydrogen (secondary N) is 1. The second-order valence-corrected chi connectivity index (χ2v) is 3.91. The molecule has 0 atom stereocenters. The standard InChI is InChI=1S/C10H16N6O4/c1-19-15-8-7-9(14-10(11)13-8)16(4-12-7)5-20-6(2-17)3-18/h4,6,17-18H,2-3,5H2,1H3,(H3,11,13,14,15). The van der Waals surface area contributed by atoms with E-state index >= 15 is 0 Å². The van der Waals surface area contributed by atoms with Crippen molar-refractivity contribution in [3.63, 3.8) is 0 Å². The molecule has 0 aliphatic heterocycles. The van der Waals surface area contributed by atoms with Gasteiger partial charge in [0.05, 0.1) is 26.7 Å². The van der Waals surface area contributed by atoms with Crippen LogP contribution in [-0.4, -0.2) is 56.2 Å². The smallest absolute Gasteiger partial charge is 0.224 e. The first-order valence-electron chi connectivity index (χ1n) is 5.80. The number of nitrogens with zero attached hydrogens (tertiary/aromatic N) is 4. The van der Waals surface area contributed by atoms with Crippen molar-refractivity contribution < 1.29 is 19.8 Å². The maximum Gasteiger partial charge on any atom is 0.224 e. The van der Waals surface area contributed by atoms with Crippen LogP contribution < -0.4 is 11.2 Å². The Morgan fingerprint density at radius 1 is 1.40 bits per heavy atom. The van der Waals surface area contributed by atoms with Gasteiger partial charge in [-0.3, -0.25) is 9.40 Å². The Bertz CT molecular complexity index is 570. The quantitative estimate of drug-likeness (QED) is 0.457. The van der Waals surface area contributed by atoms with Crippen LogP contribution in [0.2, 0.25) is 0 Å². The van der Waals surface area contributed by atoms with E-state index in [-0.39, 0.29) is 25.9 Å². The highest BCUT2D eigenvalue weighted by atomic mass is 16.6. The van der Waals surface area contributed by atoms with Gasteiger partial charge in [0.1, 0.15) is 12.8 Å². The minimum Gasteiger partial charge on any atom is -0.394 e. The molecule has 2 heterocycles. The van der Waals surface area contributed by atoms with Crippen LogP contribution in [-0.2, 0) is 16.3 Å². The van der Waals surface area contributed by atoms with Crippen molar-refractivity contribution in [1.82, 2.24) is 19.5 Å². The summed E-state index contributed by atoms with van der Waals surface area (Å²) in [6.45, 7) is -0.501. The van der Waals surface area contributed by atoms with Crippen LogP contribution in [0.1, 0.15) is 0 Å². The molecule has 0 amide bonds. The van der Waals surface area contributed by atoms with Gasteiger partial charge in [0, 0.05) is 0 Å². The largest absolute Gasteiger partial charge is 0.394 e. The third kappa shape index (κ3) is 2.93. The summed E-state index contributed by atoms with van der Waals surface area (Å²) in [5, 5.41) is 17.9. The van der Waals surface area contributed by atoms with Gasteiger partial charge in [-0.1, -0.05) is 0 Å². The molecular formula is C10H16N6O4. The van der Waals surface area contributed by atoms with Gasteiger partial charge in [0.25, 0.3) is 0 Å². The highest BCUT2D eigenvalue weighted by Crippen LogP contribution is 2.19. The second kappa shape index (κ2) is 6.43. The van der Waals surface area contributed by atoms with E-state index < -0.39 is 6.10 Å². The lowest BCUT2D eigenvalue weighted by Crippen LogP contribution is -2.23. The average molecular weight is 284 g/mol. The number of imidazole rings is 1. The molecule has 20 heavy (non-hydrogen) atoms. The van der Waals surface area contributed by atoms with Gasteiger partial charge in [-0.25, -0.2) is 10.5 Å². The van der Waals surface area contributed by atoms with Crippen molar-refractivity contribution >= 4 is 22.9 Å². The first-order chi connectivity index (χ1) is 9.69. The van der Waals surface area contributed by atoms with Gasteiger partial charge >= 0.3 is 0 Å². The minimum absolute atomic E-state index is 0.0552. The third-order valence-electron chi connectivity index (χ3n) is 2.54. The number of fused-ring (bicyclic) bond motifs is 1. The number of rotatable bonds is 7. The molecule has 2 rings (SSSR count). The molecule has 0 saturated carbocycles. The van der Waals surface area contributed by atoms with E-state index in [0.717, 1.165) is 0 Å². The Morgan fingerprint density at radius 2 is 2.15 bits per heavy atom. The van der Waals surface area contributed by atoms with E-state index in [1.807, 2.05) is 0 Å². The fourth-order valence-corrected chi connectivity index (χ4v) is 1.57. The summed E-state index contributed by atoms with van der Waals surface area (Å²) < 4.78 is 6.88. The molecule has 10 nitrogen and oxygen atoms in total. The monoisotopic (exact) mass is 284 g/mol. The molecule has 2 aromatic heterocycles. The first kappa shape index (κ1) is 14.4. The Morgan fingerprint density at radius 3 is 2.80 bits per heavy atom. The van der Waals surface area contributed by atoms with Crippen molar-refractivity contribution in [2.24, 2.45) is 0 Å². The summed E-state index contributed by atoms with van der Waals surface area (Å²) in [6, 6.07) is 0. The van der Waals surface area contributed by atoms with Crippen molar-refractivity contribution in [1.29, 1.82) is 0 Å². The molecule has 5 N–H and O–H groups in total. The Hall–Kier alpha value is -2.01. The minimum atomic E-state index is -0.664. The van der Waals surface area contributed by atoms with Crippen LogP contribution in [0.4, 0.5) is 11.8 Å². The number of aliphatic hydroxyl groups excluding tert-OH is 2. The summed E-state index contributed by atoms with van der Waals surface area (Å²) in [4.78, 5) is 17.0. The van der Waals surface area contributed by atoms with Gasteiger partial charge in [-0.2, -0.15) is 9.97 Å². The fourth-order valence-electron chi connectivity index (χ4n) is 1.57. The van der Waals surface area contributed by atoms with E-state index in [1.165, 1.54) is 13.4 Å². The lowest BCUT2D eigenvalue weighted by molar-refractivity contribution is -0.0488. The van der Waals surface area contributed by atoms with Gasteiger partial charge in [-0.15, -0.1) is 0 Å². The normalized spacial score (nSPS) is 11.4. The van der Waals surface area contributed by atoms with Crippen molar-refractivity contribution in [3.05, 3.63) is 6.33 Å². The van der Waals surface area contributed by atoms with Crippen molar-refractivity contribution in [3.8, 4) is 0 Å². The second-order valence-electron chi connectivity index (χ2n) is 3.91. The Labute approximate surface area is 114 Å². The molecule has 0 radical (unpaired) electrons. The van der Waals surface area contributed by atoms with Crippen LogP contribution in [0.5, 0.6) is 0 Å². The molecule has 0 spiro atoms. The van der Waals surface area contributed by atoms with Crippen LogP contribution >= 0.6 is 0 Å². The molecular weight excluding hydrogens is 268 g/mol. The molecule has 0 aliphatic carbocycles. The number of aromatic nitrogens is 4. The van der Waals surface area contributed by atoms with E-state index in [2.05, 4.69) is 20.4 Å². The van der Waals surface area contributed by atoms with Gasteiger partial charge in [0.2, 0.25) is 5.95 Å². The van der Waals surface area contributed by atoms with E-state index in [9.17, 15) is 0 Å². The maximum atomic E-state index is 8.94. The fraction of sp³-hybridized carbons (Fsp3) is 0.500. The SMILES string of the molecule is CONc1nc(N)nc2c1ncn2COC(CO)CO. The van der Waals surface area contributed by atoms with E-state index in [1.54, 1.807) is 4.57 Å². The predicted octanol–water partition coefficient (Wildman–Crippen LogP) is -1.29. The summed E-state index contributed by atoms with van der Waals surface area (Å²) in [7, 11) is 1.44. The number of hydrogen-bond donors (Lipinski definition) is 4. The molecule has 2 aromatic rings. The lowest BCUT2D eigenvalue weighted by Gasteiger charge is -2.13. The Kier molecular flexibility index (Phi) is 4.63.